The molecule has 4 rings (SSSR count). The van der Waals surface area contributed by atoms with Gasteiger partial charge in [0.15, 0.2) is 17.9 Å². The number of ether oxygens (including phenoxy) is 3. The van der Waals surface area contributed by atoms with Gasteiger partial charge in [-0.05, 0) is 29.8 Å². The van der Waals surface area contributed by atoms with E-state index in [0.717, 1.165) is 22.4 Å². The zero-order valence-corrected chi connectivity index (χ0v) is 18.0. The van der Waals surface area contributed by atoms with Crippen LogP contribution < -0.4 is 14.8 Å². The number of methoxy groups -OCH3 is 1. The largest absolute Gasteiger partial charge is 0.493 e. The van der Waals surface area contributed by atoms with Crippen LogP contribution in [0.2, 0.25) is 0 Å². The lowest BCUT2D eigenvalue weighted by Gasteiger charge is -2.56. The molecule has 0 amide bonds. The first kappa shape index (κ1) is 20.3. The van der Waals surface area contributed by atoms with Crippen LogP contribution >= 0.6 is 0 Å². The number of aliphatic imine (C=N–C) groups is 1. The van der Waals surface area contributed by atoms with E-state index in [9.17, 15) is 4.39 Å². The molecule has 6 heteroatoms. The number of hydrogen-bond donors (Lipinski definition) is 1. The quantitative estimate of drug-likeness (QED) is 0.421. The van der Waals surface area contributed by atoms with Crippen LogP contribution in [0.1, 0.15) is 43.5 Å². The first-order chi connectivity index (χ1) is 14.2. The van der Waals surface area contributed by atoms with Gasteiger partial charge in [-0.2, -0.15) is 0 Å². The van der Waals surface area contributed by atoms with Crippen molar-refractivity contribution in [1.29, 1.82) is 0 Å². The summed E-state index contributed by atoms with van der Waals surface area (Å²) in [7, 11) is 3.17. The van der Waals surface area contributed by atoms with Crippen molar-refractivity contribution in [3.8, 4) is 11.5 Å². The molecule has 0 bridgehead atoms. The standard InChI is InChI=1S/C24H27FN2O3/c1-14(30-13-26-5)15-7-8-19-18(9-15)23(2,3)24(4)12-29-21-17(22(24)27-19)10-16(25)11-20(21)28-6/h7-11,13,22,27H,1,12H2,2-6H3. The van der Waals surface area contributed by atoms with E-state index in [-0.39, 0.29) is 22.7 Å². The first-order valence-corrected chi connectivity index (χ1v) is 9.91. The maximum Gasteiger partial charge on any atom is 0.176 e. The van der Waals surface area contributed by atoms with Crippen LogP contribution in [0.5, 0.6) is 11.5 Å². The van der Waals surface area contributed by atoms with Crippen molar-refractivity contribution in [1.82, 2.24) is 0 Å². The molecule has 2 aromatic rings. The van der Waals surface area contributed by atoms with Gasteiger partial charge in [0, 0.05) is 40.8 Å². The van der Waals surface area contributed by atoms with Gasteiger partial charge in [0.25, 0.3) is 0 Å². The molecule has 2 atom stereocenters. The fourth-order valence-corrected chi connectivity index (χ4v) is 4.54. The SMILES string of the molecule is C=C(OC=NC)c1ccc2c(c1)C(C)(C)C1(C)COc3c(OC)cc(F)cc3C1N2. The monoisotopic (exact) mass is 410 g/mol. The average molecular weight is 410 g/mol. The van der Waals surface area contributed by atoms with Crippen molar-refractivity contribution in [2.24, 2.45) is 10.4 Å². The van der Waals surface area contributed by atoms with Crippen LogP contribution in [0.4, 0.5) is 10.1 Å². The fraction of sp³-hybridized carbons (Fsp3) is 0.375. The molecule has 0 saturated heterocycles. The summed E-state index contributed by atoms with van der Waals surface area (Å²) in [4.78, 5) is 3.85. The highest BCUT2D eigenvalue weighted by Gasteiger charge is 2.56. The summed E-state index contributed by atoms with van der Waals surface area (Å²) < 4.78 is 31.4. The van der Waals surface area contributed by atoms with Crippen LogP contribution in [0.25, 0.3) is 5.76 Å². The molecule has 2 aliphatic rings. The minimum absolute atomic E-state index is 0.133. The molecule has 0 spiro atoms. The predicted molar refractivity (Wildman–Crippen MR) is 117 cm³/mol. The predicted octanol–water partition coefficient (Wildman–Crippen LogP) is 5.32. The van der Waals surface area contributed by atoms with Gasteiger partial charge in [0.1, 0.15) is 11.6 Å². The third-order valence-corrected chi connectivity index (χ3v) is 6.78. The van der Waals surface area contributed by atoms with Crippen molar-refractivity contribution in [2.75, 3.05) is 26.1 Å². The molecule has 158 valence electrons. The van der Waals surface area contributed by atoms with Gasteiger partial charge in [-0.1, -0.05) is 27.4 Å². The maximum atomic E-state index is 14.4. The normalized spacial score (nSPS) is 23.5. The van der Waals surface area contributed by atoms with E-state index in [1.54, 1.807) is 13.1 Å². The number of fused-ring (bicyclic) bond motifs is 4. The minimum Gasteiger partial charge on any atom is -0.493 e. The van der Waals surface area contributed by atoms with Gasteiger partial charge >= 0.3 is 0 Å². The molecule has 2 aromatic carbocycles. The Kier molecular flexibility index (Phi) is 4.76. The molecule has 0 aliphatic carbocycles. The summed E-state index contributed by atoms with van der Waals surface area (Å²) in [6.45, 7) is 11.0. The van der Waals surface area contributed by atoms with E-state index in [1.165, 1.54) is 19.6 Å². The summed E-state index contributed by atoms with van der Waals surface area (Å²) >= 11 is 0. The molecule has 0 saturated carbocycles. The van der Waals surface area contributed by atoms with Gasteiger partial charge in [0.2, 0.25) is 0 Å². The highest BCUT2D eigenvalue weighted by Crippen LogP contribution is 2.60. The van der Waals surface area contributed by atoms with Gasteiger partial charge in [-0.25, -0.2) is 4.39 Å². The molecule has 2 unspecified atom stereocenters. The first-order valence-electron chi connectivity index (χ1n) is 9.91. The Bertz CT molecular complexity index is 1050. The zero-order valence-electron chi connectivity index (χ0n) is 18.0. The Hall–Kier alpha value is -3.02. The lowest BCUT2D eigenvalue weighted by molar-refractivity contribution is 0.0356. The van der Waals surface area contributed by atoms with Gasteiger partial charge < -0.3 is 19.5 Å². The molecule has 0 fully saturated rings. The number of halogens is 1. The number of rotatable bonds is 4. The number of nitrogens with zero attached hydrogens (tertiary/aromatic N) is 1. The van der Waals surface area contributed by atoms with Crippen molar-refractivity contribution >= 4 is 17.8 Å². The van der Waals surface area contributed by atoms with E-state index in [1.807, 2.05) is 12.1 Å². The lowest BCUT2D eigenvalue weighted by Crippen LogP contribution is -2.55. The zero-order chi connectivity index (χ0) is 21.7. The van der Waals surface area contributed by atoms with E-state index < -0.39 is 0 Å². The second-order valence-corrected chi connectivity index (χ2v) is 8.60. The Morgan fingerprint density at radius 3 is 2.77 bits per heavy atom. The highest BCUT2D eigenvalue weighted by molar-refractivity contribution is 5.71. The molecule has 2 heterocycles. The summed E-state index contributed by atoms with van der Waals surface area (Å²) in [5.74, 6) is 1.21. The van der Waals surface area contributed by atoms with Crippen LogP contribution in [0.3, 0.4) is 0 Å². The average Bonchev–Trinajstić information content (AvgIpc) is 2.72. The lowest BCUT2D eigenvalue weighted by atomic mass is 9.55. The van der Waals surface area contributed by atoms with Gasteiger partial charge in [0.05, 0.1) is 19.8 Å². The summed E-state index contributed by atoms with van der Waals surface area (Å²) in [5.41, 5.74) is 3.17. The Labute approximate surface area is 176 Å². The second kappa shape index (κ2) is 7.04. The second-order valence-electron chi connectivity index (χ2n) is 8.60. The van der Waals surface area contributed by atoms with Gasteiger partial charge in [-0.15, -0.1) is 0 Å². The van der Waals surface area contributed by atoms with Crippen molar-refractivity contribution in [2.45, 2.75) is 32.2 Å². The van der Waals surface area contributed by atoms with Crippen molar-refractivity contribution in [3.05, 3.63) is 59.4 Å². The number of anilines is 1. The highest BCUT2D eigenvalue weighted by atomic mass is 19.1. The molecule has 30 heavy (non-hydrogen) atoms. The summed E-state index contributed by atoms with van der Waals surface area (Å²) in [5, 5.41) is 3.64. The summed E-state index contributed by atoms with van der Waals surface area (Å²) in [6, 6.07) is 8.85. The van der Waals surface area contributed by atoms with E-state index >= 15 is 0 Å². The van der Waals surface area contributed by atoms with Crippen LogP contribution in [-0.2, 0) is 10.2 Å². The number of benzene rings is 2. The van der Waals surface area contributed by atoms with Crippen molar-refractivity contribution in [3.63, 3.8) is 0 Å². The number of nitrogens with one attached hydrogen (secondary N) is 1. The topological polar surface area (TPSA) is 52.1 Å². The Balaban J connectivity index is 1.83. The summed E-state index contributed by atoms with van der Waals surface area (Å²) in [6.07, 6.45) is 1.37. The van der Waals surface area contributed by atoms with E-state index in [4.69, 9.17) is 14.2 Å². The van der Waals surface area contributed by atoms with Crippen LogP contribution in [0, 0.1) is 11.2 Å². The minimum atomic E-state index is -0.342. The third-order valence-electron chi connectivity index (χ3n) is 6.78. The molecule has 1 N–H and O–H groups in total. The van der Waals surface area contributed by atoms with E-state index in [0.29, 0.717) is 23.9 Å². The van der Waals surface area contributed by atoms with Crippen molar-refractivity contribution < 1.29 is 18.6 Å². The van der Waals surface area contributed by atoms with Crippen LogP contribution in [-0.4, -0.2) is 27.2 Å². The molecular formula is C24H27FN2O3. The fourth-order valence-electron chi connectivity index (χ4n) is 4.54. The third kappa shape index (κ3) is 2.85. The van der Waals surface area contributed by atoms with Crippen LogP contribution in [0.15, 0.2) is 41.9 Å². The molecule has 0 radical (unpaired) electrons. The number of hydrogen-bond acceptors (Lipinski definition) is 5. The maximum absolute atomic E-state index is 14.4. The Morgan fingerprint density at radius 2 is 2.07 bits per heavy atom. The molecule has 2 aliphatic heterocycles. The van der Waals surface area contributed by atoms with Gasteiger partial charge in [-0.3, -0.25) is 4.99 Å². The molecule has 0 aromatic heterocycles. The Morgan fingerprint density at radius 1 is 1.30 bits per heavy atom. The molecular weight excluding hydrogens is 383 g/mol. The van der Waals surface area contributed by atoms with E-state index in [2.05, 4.69) is 43.7 Å². The molecule has 5 nitrogen and oxygen atoms in total. The smallest absolute Gasteiger partial charge is 0.176 e.